The molecule has 2 heterocycles. The molecule has 0 fully saturated rings. The summed E-state index contributed by atoms with van der Waals surface area (Å²) in [6.07, 6.45) is 1.72. The van der Waals surface area contributed by atoms with Gasteiger partial charge in [0.1, 0.15) is 11.6 Å². The number of nitrogens with one attached hydrogen (secondary N) is 1. The number of aryl methyl sites for hydroxylation is 2. The molecule has 96 valence electrons. The van der Waals surface area contributed by atoms with E-state index in [2.05, 4.69) is 27.4 Å². The molecule has 4 nitrogen and oxygen atoms in total. The first kappa shape index (κ1) is 11.7. The van der Waals surface area contributed by atoms with Gasteiger partial charge in [0.2, 0.25) is 5.89 Å². The maximum absolute atomic E-state index is 5.43. The molecule has 0 atom stereocenters. The number of rotatable bonds is 3. The summed E-state index contributed by atoms with van der Waals surface area (Å²) >= 11 is 0. The molecule has 0 saturated carbocycles. The zero-order valence-electron chi connectivity index (χ0n) is 11.0. The average molecular weight is 253 g/mol. The van der Waals surface area contributed by atoms with E-state index in [-0.39, 0.29) is 0 Å². The molecule has 0 spiro atoms. The van der Waals surface area contributed by atoms with E-state index in [0.717, 1.165) is 28.0 Å². The molecule has 0 radical (unpaired) electrons. The van der Waals surface area contributed by atoms with Crippen LogP contribution in [0.1, 0.15) is 17.2 Å². The van der Waals surface area contributed by atoms with Crippen molar-refractivity contribution in [2.45, 2.75) is 20.4 Å². The molecule has 4 heteroatoms. The Morgan fingerprint density at radius 2 is 2.05 bits per heavy atom. The molecule has 2 aromatic heterocycles. The van der Waals surface area contributed by atoms with Crippen molar-refractivity contribution in [2.24, 2.45) is 0 Å². The van der Waals surface area contributed by atoms with Crippen LogP contribution in [0.2, 0.25) is 0 Å². The second kappa shape index (κ2) is 4.72. The van der Waals surface area contributed by atoms with E-state index < -0.39 is 0 Å². The van der Waals surface area contributed by atoms with E-state index in [9.17, 15) is 0 Å². The Labute approximate surface area is 111 Å². The molecular weight excluding hydrogens is 238 g/mol. The fourth-order valence-electron chi connectivity index (χ4n) is 2.04. The van der Waals surface area contributed by atoms with E-state index in [0.29, 0.717) is 12.4 Å². The zero-order chi connectivity index (χ0) is 13.2. The van der Waals surface area contributed by atoms with Crippen LogP contribution >= 0.6 is 0 Å². The Morgan fingerprint density at radius 3 is 2.84 bits per heavy atom. The van der Waals surface area contributed by atoms with Gasteiger partial charge in [-0.15, -0.1) is 0 Å². The average Bonchev–Trinajstić information content (AvgIpc) is 2.82. The van der Waals surface area contributed by atoms with Crippen molar-refractivity contribution < 1.29 is 4.42 Å². The maximum Gasteiger partial charge on any atom is 0.213 e. The van der Waals surface area contributed by atoms with Gasteiger partial charge in [0.05, 0.1) is 18.3 Å². The van der Waals surface area contributed by atoms with Crippen molar-refractivity contribution in [2.75, 3.05) is 5.32 Å². The lowest BCUT2D eigenvalue weighted by Crippen LogP contribution is -2.03. The third kappa shape index (κ3) is 2.42. The molecule has 0 aliphatic rings. The predicted molar refractivity (Wildman–Crippen MR) is 75.0 cm³/mol. The zero-order valence-corrected chi connectivity index (χ0v) is 11.0. The highest BCUT2D eigenvalue weighted by Crippen LogP contribution is 2.20. The minimum Gasteiger partial charge on any atom is -0.444 e. The highest BCUT2D eigenvalue weighted by molar-refractivity contribution is 5.81. The number of hydrogen-bond donors (Lipinski definition) is 1. The van der Waals surface area contributed by atoms with E-state index in [4.69, 9.17) is 4.42 Å². The van der Waals surface area contributed by atoms with Crippen LogP contribution in [0.15, 0.2) is 40.9 Å². The van der Waals surface area contributed by atoms with Crippen LogP contribution in [-0.2, 0) is 6.54 Å². The first-order valence-electron chi connectivity index (χ1n) is 6.24. The number of fused-ring (bicyclic) bond motifs is 1. The second-order valence-electron chi connectivity index (χ2n) is 4.56. The highest BCUT2D eigenvalue weighted by Gasteiger charge is 2.05. The molecule has 0 unspecified atom stereocenters. The Hall–Kier alpha value is -2.36. The Bertz CT molecular complexity index is 718. The summed E-state index contributed by atoms with van der Waals surface area (Å²) in [4.78, 5) is 8.78. The number of para-hydroxylation sites is 1. The normalized spacial score (nSPS) is 10.8. The Morgan fingerprint density at radius 1 is 1.21 bits per heavy atom. The van der Waals surface area contributed by atoms with Gasteiger partial charge >= 0.3 is 0 Å². The minimum absolute atomic E-state index is 0.542. The molecule has 3 aromatic rings. The fraction of sp³-hybridized carbons (Fsp3) is 0.200. The van der Waals surface area contributed by atoms with Gasteiger partial charge in [-0.2, -0.15) is 0 Å². The van der Waals surface area contributed by atoms with Crippen LogP contribution in [0, 0.1) is 13.8 Å². The van der Waals surface area contributed by atoms with E-state index >= 15 is 0 Å². The Balaban J connectivity index is 1.86. The molecule has 0 amide bonds. The van der Waals surface area contributed by atoms with Crippen LogP contribution in [0.3, 0.4) is 0 Å². The summed E-state index contributed by atoms with van der Waals surface area (Å²) in [5.41, 5.74) is 2.10. The molecule has 0 saturated heterocycles. The number of benzene rings is 1. The number of oxazole rings is 1. The quantitative estimate of drug-likeness (QED) is 0.776. The lowest BCUT2D eigenvalue weighted by molar-refractivity contribution is 0.479. The summed E-state index contributed by atoms with van der Waals surface area (Å²) < 4.78 is 5.43. The summed E-state index contributed by atoms with van der Waals surface area (Å²) in [6, 6.07) is 10.2. The van der Waals surface area contributed by atoms with Gasteiger partial charge in [-0.1, -0.05) is 18.2 Å². The first-order chi connectivity index (χ1) is 9.22. The second-order valence-corrected chi connectivity index (χ2v) is 4.56. The number of nitrogens with zero attached hydrogens (tertiary/aromatic N) is 2. The number of hydrogen-bond acceptors (Lipinski definition) is 4. The highest BCUT2D eigenvalue weighted by atomic mass is 16.4. The van der Waals surface area contributed by atoms with Crippen LogP contribution in [0.25, 0.3) is 10.9 Å². The van der Waals surface area contributed by atoms with Crippen LogP contribution in [-0.4, -0.2) is 9.97 Å². The summed E-state index contributed by atoms with van der Waals surface area (Å²) in [7, 11) is 0. The molecule has 1 aromatic carbocycles. The number of pyridine rings is 1. The maximum atomic E-state index is 5.43. The SMILES string of the molecule is Cc1cnc(CNc2nc3ccccc3cc2C)o1. The van der Waals surface area contributed by atoms with Gasteiger partial charge in [0, 0.05) is 5.39 Å². The monoisotopic (exact) mass is 253 g/mol. The van der Waals surface area contributed by atoms with Gasteiger partial charge in [0.15, 0.2) is 0 Å². The third-order valence-electron chi connectivity index (χ3n) is 2.99. The van der Waals surface area contributed by atoms with E-state index in [1.807, 2.05) is 32.0 Å². The van der Waals surface area contributed by atoms with Gasteiger partial charge in [-0.25, -0.2) is 9.97 Å². The van der Waals surface area contributed by atoms with Crippen molar-refractivity contribution in [1.29, 1.82) is 0 Å². The molecule has 0 bridgehead atoms. The smallest absolute Gasteiger partial charge is 0.213 e. The van der Waals surface area contributed by atoms with Gasteiger partial charge in [-0.3, -0.25) is 0 Å². The Kier molecular flexibility index (Phi) is 2.91. The van der Waals surface area contributed by atoms with Gasteiger partial charge in [0.25, 0.3) is 0 Å². The molecule has 0 aliphatic carbocycles. The number of aromatic nitrogens is 2. The van der Waals surface area contributed by atoms with Crippen LogP contribution in [0.4, 0.5) is 5.82 Å². The van der Waals surface area contributed by atoms with Crippen LogP contribution < -0.4 is 5.32 Å². The molecule has 19 heavy (non-hydrogen) atoms. The third-order valence-corrected chi connectivity index (χ3v) is 2.99. The predicted octanol–water partition coefficient (Wildman–Crippen LogP) is 3.45. The molecular formula is C15H15N3O. The van der Waals surface area contributed by atoms with Crippen LogP contribution in [0.5, 0.6) is 0 Å². The summed E-state index contributed by atoms with van der Waals surface area (Å²) in [5.74, 6) is 2.36. The summed E-state index contributed by atoms with van der Waals surface area (Å²) in [5, 5.41) is 4.42. The van der Waals surface area contributed by atoms with E-state index in [1.165, 1.54) is 0 Å². The minimum atomic E-state index is 0.542. The molecule has 1 N–H and O–H groups in total. The largest absolute Gasteiger partial charge is 0.444 e. The number of anilines is 1. The van der Waals surface area contributed by atoms with Crippen molar-refractivity contribution in [3.05, 3.63) is 53.7 Å². The lowest BCUT2D eigenvalue weighted by atomic mass is 10.1. The van der Waals surface area contributed by atoms with Gasteiger partial charge in [-0.05, 0) is 31.5 Å². The standard InChI is InChI=1S/C15H15N3O/c1-10-7-12-5-3-4-6-13(12)18-15(10)17-9-14-16-8-11(2)19-14/h3-8H,9H2,1-2H3,(H,17,18). The van der Waals surface area contributed by atoms with Gasteiger partial charge < -0.3 is 9.73 Å². The first-order valence-corrected chi connectivity index (χ1v) is 6.24. The summed E-state index contributed by atoms with van der Waals surface area (Å²) in [6.45, 7) is 4.47. The van der Waals surface area contributed by atoms with Crippen molar-refractivity contribution in [3.63, 3.8) is 0 Å². The lowest BCUT2D eigenvalue weighted by Gasteiger charge is -2.08. The molecule has 0 aliphatic heterocycles. The van der Waals surface area contributed by atoms with Crippen molar-refractivity contribution in [1.82, 2.24) is 9.97 Å². The van der Waals surface area contributed by atoms with Crippen molar-refractivity contribution in [3.8, 4) is 0 Å². The topological polar surface area (TPSA) is 51.0 Å². The van der Waals surface area contributed by atoms with Crippen molar-refractivity contribution >= 4 is 16.7 Å². The van der Waals surface area contributed by atoms with E-state index in [1.54, 1.807) is 6.20 Å². The molecule has 3 rings (SSSR count). The fourth-order valence-corrected chi connectivity index (χ4v) is 2.04.